The average molecular weight is 645 g/mol. The molecule has 240 valence electrons. The zero-order chi connectivity index (χ0) is 34.2. The number of fused-ring (bicyclic) bond motifs is 6. The Bertz CT molecular complexity index is 2560. The summed E-state index contributed by atoms with van der Waals surface area (Å²) in [5.41, 5.74) is 8.87. The first-order valence-corrected chi connectivity index (χ1v) is 17.2. The second kappa shape index (κ2) is 12.9. The first kappa shape index (κ1) is 30.9. The SMILES string of the molecule is C=C(/C=C(C#N)\C=C/Cn1c2ccccc2c2ccccc21)C1=CC(C)C(C2C=CC(n3c4ccccc4c4c(C#N)cccc43)=CC2)C=C1. The third-order valence-corrected chi connectivity index (χ3v) is 10.3. The number of nitriles is 2. The lowest BCUT2D eigenvalue weighted by Crippen LogP contribution is -2.21. The molecule has 2 aliphatic carbocycles. The van der Waals surface area contributed by atoms with Gasteiger partial charge in [-0.25, -0.2) is 0 Å². The number of benzene rings is 4. The lowest BCUT2D eigenvalue weighted by Gasteiger charge is -2.30. The fraction of sp³-hybridized carbons (Fsp3) is 0.130. The largest absolute Gasteiger partial charge is 0.337 e. The molecule has 2 aromatic heterocycles. The van der Waals surface area contributed by atoms with Crippen molar-refractivity contribution >= 4 is 49.3 Å². The summed E-state index contributed by atoms with van der Waals surface area (Å²) in [5, 5.41) is 24.4. The summed E-state index contributed by atoms with van der Waals surface area (Å²) in [6.45, 7) is 7.29. The van der Waals surface area contributed by atoms with Crippen LogP contribution in [0.5, 0.6) is 0 Å². The van der Waals surface area contributed by atoms with Crippen LogP contribution >= 0.6 is 0 Å². The molecule has 3 atom stereocenters. The average Bonchev–Trinajstić information content (AvgIpc) is 3.67. The van der Waals surface area contributed by atoms with Gasteiger partial charge in [0.15, 0.2) is 0 Å². The van der Waals surface area contributed by atoms with Crippen LogP contribution in [-0.4, -0.2) is 9.13 Å². The number of aromatic nitrogens is 2. The molecular weight excluding hydrogens is 609 g/mol. The van der Waals surface area contributed by atoms with Crippen LogP contribution in [0.15, 0.2) is 169 Å². The molecule has 0 radical (unpaired) electrons. The highest BCUT2D eigenvalue weighted by molar-refractivity contribution is 6.13. The second-order valence-corrected chi connectivity index (χ2v) is 13.3. The van der Waals surface area contributed by atoms with E-state index in [0.717, 1.165) is 45.1 Å². The third-order valence-electron chi connectivity index (χ3n) is 10.3. The predicted octanol–water partition coefficient (Wildman–Crippen LogP) is 11.2. The van der Waals surface area contributed by atoms with Gasteiger partial charge in [-0.05, 0) is 83.9 Å². The minimum Gasteiger partial charge on any atom is -0.337 e. The van der Waals surface area contributed by atoms with Gasteiger partial charge in [0.2, 0.25) is 0 Å². The van der Waals surface area contributed by atoms with E-state index in [9.17, 15) is 10.5 Å². The summed E-state index contributed by atoms with van der Waals surface area (Å²) in [4.78, 5) is 0. The fourth-order valence-electron chi connectivity index (χ4n) is 7.93. The maximum atomic E-state index is 9.99. The molecular formula is C46H36N4. The minimum absolute atomic E-state index is 0.313. The van der Waals surface area contributed by atoms with Gasteiger partial charge in [-0.3, -0.25) is 0 Å². The van der Waals surface area contributed by atoms with Crippen molar-refractivity contribution in [3.8, 4) is 12.1 Å². The van der Waals surface area contributed by atoms with Crippen LogP contribution in [0.4, 0.5) is 0 Å². The molecule has 4 nitrogen and oxygen atoms in total. The molecule has 4 heteroatoms. The molecule has 2 aliphatic rings. The van der Waals surface area contributed by atoms with E-state index < -0.39 is 0 Å². The molecule has 0 saturated carbocycles. The lowest BCUT2D eigenvalue weighted by atomic mass is 9.75. The first-order chi connectivity index (χ1) is 24.6. The van der Waals surface area contributed by atoms with Gasteiger partial charge < -0.3 is 9.13 Å². The van der Waals surface area contributed by atoms with Crippen LogP contribution in [0, 0.1) is 40.4 Å². The van der Waals surface area contributed by atoms with Crippen molar-refractivity contribution in [2.75, 3.05) is 0 Å². The normalized spacial score (nSPS) is 19.3. The van der Waals surface area contributed by atoms with E-state index in [4.69, 9.17) is 0 Å². The molecule has 0 aliphatic heterocycles. The highest BCUT2D eigenvalue weighted by Gasteiger charge is 2.26. The Hall–Kier alpha value is -6.36. The molecule has 8 rings (SSSR count). The van der Waals surface area contributed by atoms with E-state index in [-0.39, 0.29) is 0 Å². The van der Waals surface area contributed by atoms with Gasteiger partial charge in [0.1, 0.15) is 0 Å². The van der Waals surface area contributed by atoms with E-state index in [1.54, 1.807) is 0 Å². The Morgan fingerprint density at radius 3 is 2.16 bits per heavy atom. The standard InChI is InChI=1S/C46H36N4/c1-31(27-33(29-47)11-10-26-49-42-16-6-3-13-39(42)40-14-4-7-17-43(40)49)35-22-25-38(32(2)28-35)34-20-23-37(24-21-34)50-44-18-8-5-15-41(44)46-36(30-48)12-9-19-45(46)50/h3-20,22-25,27-28,32,34,38H,1,21,26H2,2H3/b11-10-,33-27+. The van der Waals surface area contributed by atoms with Gasteiger partial charge in [-0.1, -0.05) is 111 Å². The van der Waals surface area contributed by atoms with Crippen molar-refractivity contribution in [1.29, 1.82) is 10.5 Å². The van der Waals surface area contributed by atoms with Crippen LogP contribution in [0.2, 0.25) is 0 Å². The van der Waals surface area contributed by atoms with Crippen LogP contribution < -0.4 is 0 Å². The second-order valence-electron chi connectivity index (χ2n) is 13.3. The molecule has 0 bridgehead atoms. The molecule has 0 spiro atoms. The van der Waals surface area contributed by atoms with Crippen LogP contribution in [0.1, 0.15) is 18.9 Å². The van der Waals surface area contributed by atoms with Crippen LogP contribution in [0.25, 0.3) is 49.3 Å². The van der Waals surface area contributed by atoms with E-state index in [1.807, 2.05) is 30.4 Å². The Morgan fingerprint density at radius 1 is 0.820 bits per heavy atom. The number of nitrogens with zero attached hydrogens (tertiary/aromatic N) is 4. The van der Waals surface area contributed by atoms with Crippen molar-refractivity contribution in [2.45, 2.75) is 19.9 Å². The third kappa shape index (κ3) is 5.33. The summed E-state index contributed by atoms with van der Waals surface area (Å²) in [7, 11) is 0. The van der Waals surface area contributed by atoms with Crippen molar-refractivity contribution in [2.24, 2.45) is 17.8 Å². The number of para-hydroxylation sites is 3. The smallest absolute Gasteiger partial charge is 0.0998 e. The zero-order valence-electron chi connectivity index (χ0n) is 28.0. The quantitative estimate of drug-likeness (QED) is 0.128. The van der Waals surface area contributed by atoms with Gasteiger partial charge in [-0.15, -0.1) is 0 Å². The summed E-state index contributed by atoms with van der Waals surface area (Å²) >= 11 is 0. The Morgan fingerprint density at radius 2 is 1.50 bits per heavy atom. The molecule has 6 aromatic rings. The van der Waals surface area contributed by atoms with Crippen molar-refractivity contribution in [1.82, 2.24) is 9.13 Å². The summed E-state index contributed by atoms with van der Waals surface area (Å²) in [6, 6.07) is 36.0. The van der Waals surface area contributed by atoms with E-state index in [2.05, 4.69) is 150 Å². The number of allylic oxidation sites excluding steroid dienone is 13. The lowest BCUT2D eigenvalue weighted by molar-refractivity contribution is 0.389. The van der Waals surface area contributed by atoms with E-state index >= 15 is 0 Å². The molecule has 0 fully saturated rings. The van der Waals surface area contributed by atoms with Crippen molar-refractivity contribution in [3.05, 3.63) is 175 Å². The Labute approximate surface area is 292 Å². The molecule has 0 amide bonds. The summed E-state index contributed by atoms with van der Waals surface area (Å²) in [5.74, 6) is 1.04. The summed E-state index contributed by atoms with van der Waals surface area (Å²) in [6.07, 6.45) is 20.5. The number of hydrogen-bond donors (Lipinski definition) is 0. The fourth-order valence-corrected chi connectivity index (χ4v) is 7.93. The topological polar surface area (TPSA) is 57.4 Å². The highest BCUT2D eigenvalue weighted by Crippen LogP contribution is 2.39. The molecule has 50 heavy (non-hydrogen) atoms. The number of hydrogen-bond acceptors (Lipinski definition) is 2. The maximum absolute atomic E-state index is 9.99. The maximum Gasteiger partial charge on any atom is 0.0998 e. The Kier molecular flexibility index (Phi) is 8.00. The van der Waals surface area contributed by atoms with Gasteiger partial charge >= 0.3 is 0 Å². The monoisotopic (exact) mass is 644 g/mol. The molecule has 4 aromatic carbocycles. The van der Waals surface area contributed by atoms with Crippen LogP contribution in [0.3, 0.4) is 0 Å². The number of rotatable bonds is 7. The molecule has 0 saturated heterocycles. The van der Waals surface area contributed by atoms with Crippen molar-refractivity contribution in [3.63, 3.8) is 0 Å². The van der Waals surface area contributed by atoms with E-state index in [1.165, 1.54) is 21.8 Å². The minimum atomic E-state index is 0.313. The van der Waals surface area contributed by atoms with Crippen LogP contribution in [-0.2, 0) is 6.54 Å². The first-order valence-electron chi connectivity index (χ1n) is 17.2. The Balaban J connectivity index is 0.968. The van der Waals surface area contributed by atoms with Gasteiger partial charge in [0, 0.05) is 44.8 Å². The predicted molar refractivity (Wildman–Crippen MR) is 207 cm³/mol. The van der Waals surface area contributed by atoms with Gasteiger partial charge in [0.05, 0.1) is 34.3 Å². The summed E-state index contributed by atoms with van der Waals surface area (Å²) < 4.78 is 4.58. The molecule has 3 unspecified atom stereocenters. The highest BCUT2D eigenvalue weighted by atomic mass is 15.0. The molecule has 0 N–H and O–H groups in total. The van der Waals surface area contributed by atoms with Gasteiger partial charge in [0.25, 0.3) is 0 Å². The van der Waals surface area contributed by atoms with Crippen molar-refractivity contribution < 1.29 is 0 Å². The molecule has 2 heterocycles. The van der Waals surface area contributed by atoms with Gasteiger partial charge in [-0.2, -0.15) is 10.5 Å². The van der Waals surface area contributed by atoms with E-state index in [0.29, 0.717) is 35.4 Å². The zero-order valence-corrected chi connectivity index (χ0v) is 28.0.